The molecule has 1 unspecified atom stereocenters. The van der Waals surface area contributed by atoms with Crippen LogP contribution in [0.2, 0.25) is 0 Å². The maximum Gasteiger partial charge on any atom is 0.225 e. The lowest BCUT2D eigenvalue weighted by Gasteiger charge is -2.19. The van der Waals surface area contributed by atoms with Gasteiger partial charge in [0.25, 0.3) is 0 Å². The molecule has 1 aromatic carbocycles. The number of carbonyl (C=O) groups is 1. The summed E-state index contributed by atoms with van der Waals surface area (Å²) in [6.07, 6.45) is -0.649. The first-order chi connectivity index (χ1) is 8.88. The first-order valence-corrected chi connectivity index (χ1v) is 7.14. The zero-order valence-electron chi connectivity index (χ0n) is 11.4. The van der Waals surface area contributed by atoms with Gasteiger partial charge in [0, 0.05) is 21.5 Å². The summed E-state index contributed by atoms with van der Waals surface area (Å²) >= 11 is 1.56. The average Bonchev–Trinajstić information content (AvgIpc) is 2.78. The Morgan fingerprint density at radius 3 is 2.68 bits per heavy atom. The highest BCUT2D eigenvalue weighted by atomic mass is 32.1. The molecule has 0 radical (unpaired) electrons. The van der Waals surface area contributed by atoms with Crippen molar-refractivity contribution < 1.29 is 9.90 Å². The molecule has 1 atom stereocenters. The first kappa shape index (κ1) is 14.0. The van der Waals surface area contributed by atoms with E-state index in [-0.39, 0.29) is 12.5 Å². The lowest BCUT2D eigenvalue weighted by atomic mass is 9.96. The fourth-order valence-electron chi connectivity index (χ4n) is 1.72. The van der Waals surface area contributed by atoms with Gasteiger partial charge in [0.2, 0.25) is 5.91 Å². The van der Waals surface area contributed by atoms with E-state index in [1.807, 2.05) is 51.1 Å². The van der Waals surface area contributed by atoms with Crippen LogP contribution in [0.5, 0.6) is 0 Å². The molecule has 0 bridgehead atoms. The molecule has 19 heavy (non-hydrogen) atoms. The van der Waals surface area contributed by atoms with Crippen LogP contribution in [0.4, 0.5) is 0 Å². The molecule has 0 saturated carbocycles. The molecule has 0 aliphatic rings. The van der Waals surface area contributed by atoms with Crippen molar-refractivity contribution in [2.45, 2.75) is 26.9 Å². The number of rotatable bonds is 3. The first-order valence-electron chi connectivity index (χ1n) is 6.33. The van der Waals surface area contributed by atoms with Crippen LogP contribution in [0.1, 0.15) is 31.8 Å². The number of fused-ring (bicyclic) bond motifs is 1. The lowest BCUT2D eigenvalue weighted by Crippen LogP contribution is -2.37. The monoisotopic (exact) mass is 277 g/mol. The summed E-state index contributed by atoms with van der Waals surface area (Å²) in [5, 5.41) is 14.0. The maximum absolute atomic E-state index is 11.8. The SMILES string of the molecule is CC(C)(C)C(=O)NCC(O)c1cc2ccccc2s1. The fourth-order valence-corrected chi connectivity index (χ4v) is 2.77. The van der Waals surface area contributed by atoms with E-state index < -0.39 is 11.5 Å². The highest BCUT2D eigenvalue weighted by Gasteiger charge is 2.22. The molecule has 0 fully saturated rings. The largest absolute Gasteiger partial charge is 0.386 e. The number of nitrogens with one attached hydrogen (secondary N) is 1. The van der Waals surface area contributed by atoms with Crippen molar-refractivity contribution in [1.82, 2.24) is 5.32 Å². The Morgan fingerprint density at radius 1 is 1.37 bits per heavy atom. The molecule has 102 valence electrons. The van der Waals surface area contributed by atoms with E-state index in [0.29, 0.717) is 0 Å². The number of aliphatic hydroxyl groups is 1. The molecule has 1 heterocycles. The van der Waals surface area contributed by atoms with Gasteiger partial charge in [-0.2, -0.15) is 0 Å². The standard InChI is InChI=1S/C15H19NO2S/c1-15(2,3)14(18)16-9-11(17)13-8-10-6-4-5-7-12(10)19-13/h4-8,11,17H,9H2,1-3H3,(H,16,18). The van der Waals surface area contributed by atoms with E-state index in [1.165, 1.54) is 0 Å². The number of hydrogen-bond donors (Lipinski definition) is 2. The Balaban J connectivity index is 2.04. The lowest BCUT2D eigenvalue weighted by molar-refractivity contribution is -0.128. The van der Waals surface area contributed by atoms with Crippen molar-refractivity contribution >= 4 is 27.3 Å². The van der Waals surface area contributed by atoms with E-state index in [9.17, 15) is 9.90 Å². The summed E-state index contributed by atoms with van der Waals surface area (Å²) in [5.74, 6) is -0.0485. The van der Waals surface area contributed by atoms with Crippen molar-refractivity contribution in [2.75, 3.05) is 6.54 Å². The van der Waals surface area contributed by atoms with Gasteiger partial charge in [-0.05, 0) is 17.5 Å². The number of carbonyl (C=O) groups excluding carboxylic acids is 1. The quantitative estimate of drug-likeness (QED) is 0.905. The number of thiophene rings is 1. The van der Waals surface area contributed by atoms with Gasteiger partial charge >= 0.3 is 0 Å². The number of benzene rings is 1. The summed E-state index contributed by atoms with van der Waals surface area (Å²) in [6.45, 7) is 5.82. The third kappa shape index (κ3) is 3.33. The van der Waals surface area contributed by atoms with Crippen molar-refractivity contribution in [3.8, 4) is 0 Å². The number of aliphatic hydroxyl groups excluding tert-OH is 1. The summed E-state index contributed by atoms with van der Waals surface area (Å²) in [4.78, 5) is 12.6. The van der Waals surface area contributed by atoms with Crippen LogP contribution in [-0.2, 0) is 4.79 Å². The highest BCUT2D eigenvalue weighted by Crippen LogP contribution is 2.29. The Morgan fingerprint density at radius 2 is 2.05 bits per heavy atom. The van der Waals surface area contributed by atoms with Crippen molar-refractivity contribution in [3.05, 3.63) is 35.2 Å². The smallest absolute Gasteiger partial charge is 0.225 e. The van der Waals surface area contributed by atoms with Crippen LogP contribution in [0.25, 0.3) is 10.1 Å². The minimum Gasteiger partial charge on any atom is -0.386 e. The topological polar surface area (TPSA) is 49.3 Å². The molecule has 0 aliphatic carbocycles. The Kier molecular flexibility index (Phi) is 3.92. The second-order valence-electron chi connectivity index (χ2n) is 5.66. The zero-order chi connectivity index (χ0) is 14.0. The van der Waals surface area contributed by atoms with Gasteiger partial charge in [0.1, 0.15) is 6.10 Å². The second-order valence-corrected chi connectivity index (χ2v) is 6.78. The summed E-state index contributed by atoms with van der Waals surface area (Å²) in [7, 11) is 0. The predicted octanol–water partition coefficient (Wildman–Crippen LogP) is 3.10. The molecule has 0 saturated heterocycles. The van der Waals surface area contributed by atoms with E-state index in [4.69, 9.17) is 0 Å². The van der Waals surface area contributed by atoms with Gasteiger partial charge in [0.15, 0.2) is 0 Å². The van der Waals surface area contributed by atoms with Crippen molar-refractivity contribution in [2.24, 2.45) is 5.41 Å². The Labute approximate surface area is 117 Å². The van der Waals surface area contributed by atoms with Crippen LogP contribution >= 0.6 is 11.3 Å². The fraction of sp³-hybridized carbons (Fsp3) is 0.400. The van der Waals surface area contributed by atoms with E-state index in [2.05, 4.69) is 5.32 Å². The van der Waals surface area contributed by atoms with Gasteiger partial charge in [-0.3, -0.25) is 4.79 Å². The van der Waals surface area contributed by atoms with Gasteiger partial charge in [0.05, 0.1) is 0 Å². The molecule has 2 N–H and O–H groups in total. The second kappa shape index (κ2) is 5.31. The number of amides is 1. The van der Waals surface area contributed by atoms with Crippen molar-refractivity contribution in [3.63, 3.8) is 0 Å². The van der Waals surface area contributed by atoms with Crippen LogP contribution in [0, 0.1) is 5.41 Å². The van der Waals surface area contributed by atoms with E-state index in [0.717, 1.165) is 15.0 Å². The van der Waals surface area contributed by atoms with Crippen LogP contribution in [0.15, 0.2) is 30.3 Å². The Hall–Kier alpha value is -1.39. The molecule has 2 aromatic rings. The molecule has 2 rings (SSSR count). The van der Waals surface area contributed by atoms with E-state index >= 15 is 0 Å². The van der Waals surface area contributed by atoms with Crippen LogP contribution < -0.4 is 5.32 Å². The predicted molar refractivity (Wildman–Crippen MR) is 79.2 cm³/mol. The van der Waals surface area contributed by atoms with Gasteiger partial charge in [-0.25, -0.2) is 0 Å². The molecule has 0 spiro atoms. The molecular formula is C15H19NO2S. The third-order valence-electron chi connectivity index (χ3n) is 2.91. The van der Waals surface area contributed by atoms with Crippen LogP contribution in [-0.4, -0.2) is 17.6 Å². The highest BCUT2D eigenvalue weighted by molar-refractivity contribution is 7.19. The minimum absolute atomic E-state index is 0.0485. The summed E-state index contributed by atoms with van der Waals surface area (Å²) in [5.41, 5.74) is -0.431. The third-order valence-corrected chi connectivity index (χ3v) is 4.13. The molecule has 3 nitrogen and oxygen atoms in total. The maximum atomic E-state index is 11.8. The van der Waals surface area contributed by atoms with Gasteiger partial charge in [-0.15, -0.1) is 11.3 Å². The average molecular weight is 277 g/mol. The summed E-state index contributed by atoms with van der Waals surface area (Å²) < 4.78 is 1.15. The Bertz CT molecular complexity index is 550. The van der Waals surface area contributed by atoms with Gasteiger partial charge in [-0.1, -0.05) is 39.0 Å². The molecule has 1 aromatic heterocycles. The van der Waals surface area contributed by atoms with Crippen molar-refractivity contribution in [1.29, 1.82) is 0 Å². The number of hydrogen-bond acceptors (Lipinski definition) is 3. The van der Waals surface area contributed by atoms with Crippen LogP contribution in [0.3, 0.4) is 0 Å². The van der Waals surface area contributed by atoms with E-state index in [1.54, 1.807) is 11.3 Å². The van der Waals surface area contributed by atoms with Gasteiger partial charge < -0.3 is 10.4 Å². The summed E-state index contributed by atoms with van der Waals surface area (Å²) in [6, 6.07) is 10.00. The molecular weight excluding hydrogens is 258 g/mol. The minimum atomic E-state index is -0.649. The normalized spacial score (nSPS) is 13.5. The molecule has 4 heteroatoms. The molecule has 0 aliphatic heterocycles. The zero-order valence-corrected chi connectivity index (χ0v) is 12.3. The molecule has 1 amide bonds.